The first kappa shape index (κ1) is 31.7. The van der Waals surface area contributed by atoms with Gasteiger partial charge in [-0.1, -0.05) is 0 Å². The highest BCUT2D eigenvalue weighted by molar-refractivity contribution is 5.93. The van der Waals surface area contributed by atoms with E-state index in [-0.39, 0.29) is 11.1 Å². The molecule has 1 rings (SSSR count). The Labute approximate surface area is 203 Å². The predicted octanol–water partition coefficient (Wildman–Crippen LogP) is -6.49. The van der Waals surface area contributed by atoms with Crippen LogP contribution in [-0.2, 0) is 9.47 Å². The molecule has 36 heavy (non-hydrogen) atoms. The highest BCUT2D eigenvalue weighted by Gasteiger charge is 2.37. The molecular formula is C20H30O16. The summed E-state index contributed by atoms with van der Waals surface area (Å²) in [5.74, 6) is -2.53. The van der Waals surface area contributed by atoms with Gasteiger partial charge in [-0.3, -0.25) is 0 Å². The van der Waals surface area contributed by atoms with E-state index in [0.717, 1.165) is 24.3 Å². The molecule has 0 amide bonds. The molecule has 1 aromatic rings. The largest absolute Gasteiger partial charge is 0.429 e. The Balaban J connectivity index is 2.74. The van der Waals surface area contributed by atoms with Gasteiger partial charge in [0.15, 0.2) is 0 Å². The van der Waals surface area contributed by atoms with E-state index in [4.69, 9.17) is 10.2 Å². The molecule has 16 heteroatoms. The van der Waals surface area contributed by atoms with Crippen LogP contribution in [0.25, 0.3) is 0 Å². The highest BCUT2D eigenvalue weighted by Crippen LogP contribution is 2.15. The molecule has 0 aliphatic heterocycles. The van der Waals surface area contributed by atoms with E-state index in [1.807, 2.05) is 0 Å². The zero-order valence-corrected chi connectivity index (χ0v) is 18.5. The van der Waals surface area contributed by atoms with Gasteiger partial charge in [-0.15, -0.1) is 0 Å². The fourth-order valence-corrected chi connectivity index (χ4v) is 2.65. The summed E-state index contributed by atoms with van der Waals surface area (Å²) in [4.78, 5) is 24.2. The Morgan fingerprint density at radius 2 is 0.806 bits per heavy atom. The van der Waals surface area contributed by atoms with E-state index in [1.54, 1.807) is 0 Å². The number of hydrogen-bond donors (Lipinski definition) is 12. The maximum absolute atomic E-state index is 12.1. The van der Waals surface area contributed by atoms with Gasteiger partial charge in [0.05, 0.1) is 24.3 Å². The van der Waals surface area contributed by atoms with Crippen molar-refractivity contribution in [2.75, 3.05) is 13.2 Å². The average molecular weight is 526 g/mol. The van der Waals surface area contributed by atoms with Gasteiger partial charge in [-0.05, 0) is 24.3 Å². The van der Waals surface area contributed by atoms with Gasteiger partial charge in [0, 0.05) is 0 Å². The highest BCUT2D eigenvalue weighted by atomic mass is 16.7. The van der Waals surface area contributed by atoms with Crippen molar-refractivity contribution in [1.29, 1.82) is 0 Å². The molecule has 0 heterocycles. The molecule has 10 atom stereocenters. The predicted molar refractivity (Wildman–Crippen MR) is 112 cm³/mol. The Kier molecular flexibility index (Phi) is 12.7. The summed E-state index contributed by atoms with van der Waals surface area (Å²) in [6.07, 6.45) is -21.6. The summed E-state index contributed by atoms with van der Waals surface area (Å²) in [6.45, 7) is -1.94. The molecule has 206 valence electrons. The maximum atomic E-state index is 12.1. The van der Waals surface area contributed by atoms with E-state index in [2.05, 4.69) is 9.47 Å². The minimum absolute atomic E-state index is 0.291. The van der Waals surface area contributed by atoms with Gasteiger partial charge in [-0.25, -0.2) is 9.59 Å². The van der Waals surface area contributed by atoms with Gasteiger partial charge in [0.25, 0.3) is 0 Å². The maximum Gasteiger partial charge on any atom is 0.340 e. The number of aliphatic hydroxyl groups excluding tert-OH is 12. The van der Waals surface area contributed by atoms with Crippen LogP contribution in [0.4, 0.5) is 0 Å². The number of ether oxygens (including phenoxy) is 2. The van der Waals surface area contributed by atoms with Gasteiger partial charge < -0.3 is 70.8 Å². The second-order valence-corrected chi connectivity index (χ2v) is 7.61. The van der Waals surface area contributed by atoms with E-state index in [9.17, 15) is 60.7 Å². The van der Waals surface area contributed by atoms with Crippen LogP contribution >= 0.6 is 0 Å². The smallest absolute Gasteiger partial charge is 0.340 e. The number of hydrogen-bond acceptors (Lipinski definition) is 16. The minimum Gasteiger partial charge on any atom is -0.429 e. The normalized spacial score (nSPS) is 20.1. The fourth-order valence-electron chi connectivity index (χ4n) is 2.65. The lowest BCUT2D eigenvalue weighted by Crippen LogP contribution is -2.51. The molecule has 0 spiro atoms. The lowest BCUT2D eigenvalue weighted by molar-refractivity contribution is -0.192. The van der Waals surface area contributed by atoms with Crippen LogP contribution in [0.2, 0.25) is 0 Å². The van der Waals surface area contributed by atoms with Gasteiger partial charge in [-0.2, -0.15) is 0 Å². The molecule has 0 radical (unpaired) electrons. The minimum atomic E-state index is -2.37. The number of benzene rings is 1. The van der Waals surface area contributed by atoms with Crippen LogP contribution in [-0.4, -0.2) is 148 Å². The van der Waals surface area contributed by atoms with Crippen LogP contribution in [0.1, 0.15) is 20.7 Å². The SMILES string of the molecule is O=C(OC(O)[C@@H](O)[C@@H](O)[C@H](O)[C@H](O)CO)c1ccc(C(=O)OC(O)[C@@H](O)[C@@H](O)[C@H](O)[C@H](O)CO)cc1. The first-order valence-corrected chi connectivity index (χ1v) is 10.3. The van der Waals surface area contributed by atoms with E-state index in [0.29, 0.717) is 0 Å². The second-order valence-electron chi connectivity index (χ2n) is 7.61. The third-order valence-corrected chi connectivity index (χ3v) is 4.96. The fraction of sp³-hybridized carbons (Fsp3) is 0.600. The van der Waals surface area contributed by atoms with Crippen LogP contribution in [0.3, 0.4) is 0 Å². The number of esters is 2. The van der Waals surface area contributed by atoms with Crippen LogP contribution in [0.5, 0.6) is 0 Å². The van der Waals surface area contributed by atoms with Crippen molar-refractivity contribution in [1.82, 2.24) is 0 Å². The molecule has 0 aliphatic rings. The zero-order valence-electron chi connectivity index (χ0n) is 18.5. The van der Waals surface area contributed by atoms with Crippen LogP contribution in [0.15, 0.2) is 24.3 Å². The summed E-state index contributed by atoms with van der Waals surface area (Å²) in [5, 5.41) is 113. The molecule has 0 fully saturated rings. The molecule has 0 saturated heterocycles. The topological polar surface area (TPSA) is 295 Å². The summed E-state index contributed by atoms with van der Waals surface area (Å²) in [5.41, 5.74) is -0.583. The standard InChI is InChI=1S/C20H30O16/c21-5-9(23)11(25)13(27)15(29)19(33)35-17(31)7-1-2-8(4-3-7)18(32)36-20(34)16(30)14(28)12(26)10(24)6-22/h1-4,9-16,19-30,33-34H,5-6H2/t9-,10-,11-,12-,13+,14+,15+,16+,19?,20?/m1/s1. The molecule has 16 nitrogen and oxygen atoms in total. The number of carbonyl (C=O) groups excluding carboxylic acids is 2. The Hall–Kier alpha value is -2.32. The second kappa shape index (κ2) is 14.4. The third-order valence-electron chi connectivity index (χ3n) is 4.96. The van der Waals surface area contributed by atoms with Crippen molar-refractivity contribution < 1.29 is 80.3 Å². The van der Waals surface area contributed by atoms with E-state index in [1.165, 1.54) is 0 Å². The molecule has 0 bridgehead atoms. The number of carbonyl (C=O) groups is 2. The van der Waals surface area contributed by atoms with Gasteiger partial charge >= 0.3 is 11.9 Å². The van der Waals surface area contributed by atoms with Crippen molar-refractivity contribution in [2.45, 2.75) is 61.4 Å². The quantitative estimate of drug-likeness (QED) is 0.0792. The van der Waals surface area contributed by atoms with E-state index < -0.39 is 86.6 Å². The van der Waals surface area contributed by atoms with Crippen LogP contribution < -0.4 is 0 Å². The zero-order chi connectivity index (χ0) is 27.7. The van der Waals surface area contributed by atoms with Crippen molar-refractivity contribution in [2.24, 2.45) is 0 Å². The van der Waals surface area contributed by atoms with Crippen molar-refractivity contribution in [3.05, 3.63) is 35.4 Å². The molecule has 0 aliphatic carbocycles. The third kappa shape index (κ3) is 8.37. The molecule has 2 unspecified atom stereocenters. The summed E-state index contributed by atoms with van der Waals surface area (Å²) >= 11 is 0. The number of aliphatic hydroxyl groups is 12. The van der Waals surface area contributed by atoms with Crippen LogP contribution in [0, 0.1) is 0 Å². The van der Waals surface area contributed by atoms with Crippen molar-refractivity contribution >= 4 is 11.9 Å². The Morgan fingerprint density at radius 3 is 1.06 bits per heavy atom. The monoisotopic (exact) mass is 526 g/mol. The van der Waals surface area contributed by atoms with Gasteiger partial charge in [0.2, 0.25) is 12.6 Å². The van der Waals surface area contributed by atoms with E-state index >= 15 is 0 Å². The molecule has 0 aromatic heterocycles. The first-order valence-electron chi connectivity index (χ1n) is 10.3. The molecule has 12 N–H and O–H groups in total. The average Bonchev–Trinajstić information content (AvgIpc) is 2.89. The summed E-state index contributed by atoms with van der Waals surface area (Å²) in [7, 11) is 0. The Bertz CT molecular complexity index is 751. The Morgan fingerprint density at radius 1 is 0.528 bits per heavy atom. The number of rotatable bonds is 14. The first-order chi connectivity index (χ1) is 16.8. The van der Waals surface area contributed by atoms with Gasteiger partial charge in [0.1, 0.15) is 48.8 Å². The van der Waals surface area contributed by atoms with Crippen molar-refractivity contribution in [3.8, 4) is 0 Å². The van der Waals surface area contributed by atoms with Crippen molar-refractivity contribution in [3.63, 3.8) is 0 Å². The lowest BCUT2D eigenvalue weighted by atomic mass is 10.0. The lowest BCUT2D eigenvalue weighted by Gasteiger charge is -2.28. The molecule has 1 aromatic carbocycles. The summed E-state index contributed by atoms with van der Waals surface area (Å²) in [6, 6.07) is 3.94. The molecule has 0 saturated carbocycles. The summed E-state index contributed by atoms with van der Waals surface area (Å²) < 4.78 is 9.06. The molecular weight excluding hydrogens is 496 g/mol.